The zero-order valence-electron chi connectivity index (χ0n) is 13.4. The molecule has 2 aromatic rings. The number of hydrogen-bond donors (Lipinski definition) is 0. The molecular formula is C17H20FN3O2. The number of aromatic nitrogens is 2. The van der Waals surface area contributed by atoms with E-state index in [2.05, 4.69) is 5.10 Å². The van der Waals surface area contributed by atoms with E-state index >= 15 is 0 Å². The van der Waals surface area contributed by atoms with Crippen molar-refractivity contribution in [2.75, 3.05) is 14.2 Å². The number of rotatable bonds is 4. The van der Waals surface area contributed by atoms with E-state index in [1.165, 1.54) is 12.0 Å². The van der Waals surface area contributed by atoms with E-state index < -0.39 is 5.82 Å². The second kappa shape index (κ2) is 6.40. The number of aryl methyl sites for hydroxylation is 1. The van der Waals surface area contributed by atoms with Crippen LogP contribution in [-0.2, 0) is 19.5 Å². The predicted octanol–water partition coefficient (Wildman–Crippen LogP) is 2.64. The lowest BCUT2D eigenvalue weighted by atomic mass is 10.1. The Bertz CT molecular complexity index is 727. The smallest absolute Gasteiger partial charge is 0.257 e. The Morgan fingerprint density at radius 3 is 3.04 bits per heavy atom. The van der Waals surface area contributed by atoms with Crippen LogP contribution in [0, 0.1) is 5.82 Å². The lowest BCUT2D eigenvalue weighted by Crippen LogP contribution is -2.28. The van der Waals surface area contributed by atoms with Crippen molar-refractivity contribution in [3.8, 4) is 5.75 Å². The molecule has 0 saturated carbocycles. The number of halogens is 1. The number of nitrogens with zero attached hydrogens (tertiary/aromatic N) is 3. The van der Waals surface area contributed by atoms with Gasteiger partial charge in [-0.3, -0.25) is 9.48 Å². The van der Waals surface area contributed by atoms with Gasteiger partial charge in [0.25, 0.3) is 5.91 Å². The minimum absolute atomic E-state index is 0.129. The summed E-state index contributed by atoms with van der Waals surface area (Å²) in [5.41, 5.74) is 2.04. The Morgan fingerprint density at radius 1 is 1.43 bits per heavy atom. The van der Waals surface area contributed by atoms with Crippen molar-refractivity contribution in [1.82, 2.24) is 14.7 Å². The van der Waals surface area contributed by atoms with Crippen molar-refractivity contribution in [1.29, 1.82) is 0 Å². The molecule has 0 fully saturated rings. The molecule has 5 nitrogen and oxygen atoms in total. The third kappa shape index (κ3) is 2.93. The van der Waals surface area contributed by atoms with Crippen molar-refractivity contribution < 1.29 is 13.9 Å². The van der Waals surface area contributed by atoms with Crippen LogP contribution >= 0.6 is 0 Å². The zero-order valence-corrected chi connectivity index (χ0v) is 13.4. The van der Waals surface area contributed by atoms with Gasteiger partial charge in [-0.05, 0) is 25.3 Å². The first-order valence-corrected chi connectivity index (χ1v) is 7.73. The molecule has 1 aliphatic rings. The van der Waals surface area contributed by atoms with Crippen LogP contribution in [0.15, 0.2) is 24.4 Å². The van der Waals surface area contributed by atoms with Gasteiger partial charge in [0.05, 0.1) is 24.6 Å². The monoisotopic (exact) mass is 317 g/mol. The molecular weight excluding hydrogens is 297 g/mol. The van der Waals surface area contributed by atoms with Gasteiger partial charge in [0.15, 0.2) is 11.6 Å². The summed E-state index contributed by atoms with van der Waals surface area (Å²) in [6.45, 7) is 1.04. The van der Waals surface area contributed by atoms with Crippen LogP contribution in [0.3, 0.4) is 0 Å². The highest BCUT2D eigenvalue weighted by Crippen LogP contribution is 2.23. The van der Waals surface area contributed by atoms with Crippen LogP contribution in [0.5, 0.6) is 5.75 Å². The van der Waals surface area contributed by atoms with Crippen molar-refractivity contribution in [3.05, 3.63) is 47.0 Å². The molecule has 0 radical (unpaired) electrons. The van der Waals surface area contributed by atoms with E-state index in [0.717, 1.165) is 31.5 Å². The van der Waals surface area contributed by atoms with Crippen LogP contribution in [0.2, 0.25) is 0 Å². The van der Waals surface area contributed by atoms with Crippen molar-refractivity contribution in [3.63, 3.8) is 0 Å². The summed E-state index contributed by atoms with van der Waals surface area (Å²) in [5.74, 6) is -0.367. The molecule has 0 aliphatic carbocycles. The maximum atomic E-state index is 14.2. The molecule has 0 saturated heterocycles. The van der Waals surface area contributed by atoms with Gasteiger partial charge < -0.3 is 9.64 Å². The van der Waals surface area contributed by atoms with Gasteiger partial charge in [0.1, 0.15) is 0 Å². The second-order valence-corrected chi connectivity index (χ2v) is 5.78. The lowest BCUT2D eigenvalue weighted by Gasteiger charge is -2.20. The number of carbonyl (C=O) groups is 1. The summed E-state index contributed by atoms with van der Waals surface area (Å²) in [7, 11) is 3.10. The predicted molar refractivity (Wildman–Crippen MR) is 83.9 cm³/mol. The molecule has 1 aromatic carbocycles. The van der Waals surface area contributed by atoms with E-state index in [0.29, 0.717) is 11.1 Å². The van der Waals surface area contributed by atoms with Crippen LogP contribution in [-0.4, -0.2) is 34.7 Å². The molecule has 0 N–H and O–H groups in total. The fraction of sp³-hybridized carbons (Fsp3) is 0.412. The normalized spacial score (nSPS) is 13.5. The molecule has 6 heteroatoms. The van der Waals surface area contributed by atoms with E-state index in [1.807, 2.05) is 4.68 Å². The number of amides is 1. The molecule has 0 atom stereocenters. The van der Waals surface area contributed by atoms with Crippen LogP contribution < -0.4 is 4.74 Å². The third-order valence-electron chi connectivity index (χ3n) is 4.23. The van der Waals surface area contributed by atoms with E-state index in [4.69, 9.17) is 4.74 Å². The van der Waals surface area contributed by atoms with Gasteiger partial charge in [-0.15, -0.1) is 0 Å². The molecule has 3 rings (SSSR count). The molecule has 1 amide bonds. The number of methoxy groups -OCH3 is 1. The molecule has 1 aromatic heterocycles. The average molecular weight is 317 g/mol. The summed E-state index contributed by atoms with van der Waals surface area (Å²) in [5, 5.41) is 4.29. The molecule has 0 unspecified atom stereocenters. The first-order chi connectivity index (χ1) is 11.1. The first-order valence-electron chi connectivity index (χ1n) is 7.73. The minimum Gasteiger partial charge on any atom is -0.494 e. The van der Waals surface area contributed by atoms with Crippen molar-refractivity contribution >= 4 is 5.91 Å². The highest BCUT2D eigenvalue weighted by Gasteiger charge is 2.23. The standard InChI is InChI=1S/C17H20FN3O2/c1-20(11-12-6-5-8-15(23-2)16(12)18)17(22)13-10-19-21-9-4-3-7-14(13)21/h5-6,8,10H,3-4,7,9,11H2,1-2H3. The quantitative estimate of drug-likeness (QED) is 0.871. The summed E-state index contributed by atoms with van der Waals surface area (Å²) in [6.07, 6.45) is 4.65. The topological polar surface area (TPSA) is 47.4 Å². The summed E-state index contributed by atoms with van der Waals surface area (Å²) in [6, 6.07) is 4.95. The maximum Gasteiger partial charge on any atom is 0.257 e. The number of benzene rings is 1. The SMILES string of the molecule is COc1cccc(CN(C)C(=O)c2cnn3c2CCCC3)c1F. The van der Waals surface area contributed by atoms with Crippen molar-refractivity contribution in [2.24, 2.45) is 0 Å². The molecule has 0 bridgehead atoms. The summed E-state index contributed by atoms with van der Waals surface area (Å²) < 4.78 is 21.1. The average Bonchev–Trinajstić information content (AvgIpc) is 3.00. The second-order valence-electron chi connectivity index (χ2n) is 5.78. The fourth-order valence-electron chi connectivity index (χ4n) is 2.97. The summed E-state index contributed by atoms with van der Waals surface area (Å²) >= 11 is 0. The van der Waals surface area contributed by atoms with E-state index in [1.54, 1.807) is 31.4 Å². The molecule has 1 aliphatic heterocycles. The van der Waals surface area contributed by atoms with Crippen LogP contribution in [0.1, 0.15) is 34.5 Å². The lowest BCUT2D eigenvalue weighted by molar-refractivity contribution is 0.0782. The van der Waals surface area contributed by atoms with Gasteiger partial charge in [-0.2, -0.15) is 5.10 Å². The van der Waals surface area contributed by atoms with E-state index in [-0.39, 0.29) is 18.2 Å². The Morgan fingerprint density at radius 2 is 2.26 bits per heavy atom. The Hall–Kier alpha value is -2.37. The van der Waals surface area contributed by atoms with Crippen LogP contribution in [0.25, 0.3) is 0 Å². The summed E-state index contributed by atoms with van der Waals surface area (Å²) in [4.78, 5) is 14.2. The number of hydrogen-bond acceptors (Lipinski definition) is 3. The largest absolute Gasteiger partial charge is 0.494 e. The molecule has 0 spiro atoms. The number of carbonyl (C=O) groups excluding carboxylic acids is 1. The number of fused-ring (bicyclic) bond motifs is 1. The van der Waals surface area contributed by atoms with Gasteiger partial charge in [-0.1, -0.05) is 12.1 Å². The third-order valence-corrected chi connectivity index (χ3v) is 4.23. The molecule has 122 valence electrons. The number of ether oxygens (including phenoxy) is 1. The van der Waals surface area contributed by atoms with Crippen molar-refractivity contribution in [2.45, 2.75) is 32.4 Å². The van der Waals surface area contributed by atoms with E-state index in [9.17, 15) is 9.18 Å². The highest BCUT2D eigenvalue weighted by molar-refractivity contribution is 5.95. The zero-order chi connectivity index (χ0) is 16.4. The Balaban J connectivity index is 1.80. The fourth-order valence-corrected chi connectivity index (χ4v) is 2.97. The van der Waals surface area contributed by atoms with Gasteiger partial charge in [0, 0.05) is 25.7 Å². The Kier molecular flexibility index (Phi) is 4.32. The highest BCUT2D eigenvalue weighted by atomic mass is 19.1. The maximum absolute atomic E-state index is 14.2. The van der Waals surface area contributed by atoms with Gasteiger partial charge >= 0.3 is 0 Å². The van der Waals surface area contributed by atoms with Gasteiger partial charge in [0.2, 0.25) is 0 Å². The molecule has 2 heterocycles. The first kappa shape index (κ1) is 15.5. The van der Waals surface area contributed by atoms with Crippen LogP contribution in [0.4, 0.5) is 4.39 Å². The molecule has 23 heavy (non-hydrogen) atoms. The van der Waals surface area contributed by atoms with Gasteiger partial charge in [-0.25, -0.2) is 4.39 Å². The Labute approximate surface area is 134 Å². The minimum atomic E-state index is -0.424.